The van der Waals surface area contributed by atoms with E-state index in [1.807, 2.05) is 12.1 Å². The number of anilines is 1. The van der Waals surface area contributed by atoms with Crippen LogP contribution in [0.4, 0.5) is 10.1 Å². The van der Waals surface area contributed by atoms with E-state index in [4.69, 9.17) is 0 Å². The maximum absolute atomic E-state index is 14.3. The van der Waals surface area contributed by atoms with Gasteiger partial charge in [0.05, 0.1) is 6.04 Å². The molecule has 2 aromatic carbocycles. The Kier molecular flexibility index (Phi) is 3.07. The third-order valence-corrected chi connectivity index (χ3v) is 5.06. The molecule has 0 saturated heterocycles. The molecule has 3 atom stereocenters. The molecular weight excluding hydrogens is 273 g/mol. The molecule has 0 aromatic heterocycles. The van der Waals surface area contributed by atoms with E-state index >= 15 is 0 Å². The van der Waals surface area contributed by atoms with Crippen molar-refractivity contribution in [2.75, 3.05) is 5.32 Å². The maximum atomic E-state index is 14.3. The van der Waals surface area contributed by atoms with E-state index in [1.165, 1.54) is 22.4 Å². The molecule has 2 heteroatoms. The largest absolute Gasteiger partial charge is 0.378 e. The molecule has 0 spiro atoms. The first-order chi connectivity index (χ1) is 10.6. The van der Waals surface area contributed by atoms with Gasteiger partial charge in [0.1, 0.15) is 5.82 Å². The molecule has 112 valence electrons. The second kappa shape index (κ2) is 4.98. The van der Waals surface area contributed by atoms with Crippen LogP contribution in [0.2, 0.25) is 0 Å². The molecule has 2 aromatic rings. The second-order valence-corrected chi connectivity index (χ2v) is 6.54. The van der Waals surface area contributed by atoms with Crippen molar-refractivity contribution in [1.29, 1.82) is 0 Å². The fourth-order valence-electron chi connectivity index (χ4n) is 4.18. The molecule has 0 fully saturated rings. The zero-order valence-electron chi connectivity index (χ0n) is 12.9. The number of benzene rings is 2. The molecule has 2 aliphatic rings. The molecule has 0 bridgehead atoms. The summed E-state index contributed by atoms with van der Waals surface area (Å²) in [6.07, 6.45) is 5.56. The highest BCUT2D eigenvalue weighted by Gasteiger charge is 2.39. The Morgan fingerprint density at radius 2 is 1.95 bits per heavy atom. The molecule has 1 N–H and O–H groups in total. The van der Waals surface area contributed by atoms with Crippen molar-refractivity contribution < 1.29 is 4.39 Å². The number of hydrogen-bond donors (Lipinski definition) is 1. The van der Waals surface area contributed by atoms with Crippen LogP contribution >= 0.6 is 0 Å². The summed E-state index contributed by atoms with van der Waals surface area (Å²) in [6, 6.07) is 11.6. The SMILES string of the molecule is Cc1cc(C)c2c(c1)N[C@H](c1ccccc1F)[C@@H]1CC=C[C@H]21. The van der Waals surface area contributed by atoms with Crippen LogP contribution in [0.5, 0.6) is 0 Å². The predicted octanol–water partition coefficient (Wildman–Crippen LogP) is 5.27. The van der Waals surface area contributed by atoms with Crippen LogP contribution in [0, 0.1) is 25.6 Å². The minimum absolute atomic E-state index is 0.0369. The van der Waals surface area contributed by atoms with Crippen LogP contribution in [0.15, 0.2) is 48.6 Å². The van der Waals surface area contributed by atoms with Gasteiger partial charge in [-0.15, -0.1) is 0 Å². The first kappa shape index (κ1) is 13.6. The van der Waals surface area contributed by atoms with Crippen LogP contribution < -0.4 is 5.32 Å². The average molecular weight is 293 g/mol. The van der Waals surface area contributed by atoms with Gasteiger partial charge in [0.2, 0.25) is 0 Å². The molecule has 22 heavy (non-hydrogen) atoms. The molecule has 0 amide bonds. The van der Waals surface area contributed by atoms with E-state index < -0.39 is 0 Å². The zero-order chi connectivity index (χ0) is 15.3. The van der Waals surface area contributed by atoms with Crippen molar-refractivity contribution in [1.82, 2.24) is 0 Å². The highest BCUT2D eigenvalue weighted by Crippen LogP contribution is 2.51. The molecular formula is C20H20FN. The topological polar surface area (TPSA) is 12.0 Å². The van der Waals surface area contributed by atoms with Crippen molar-refractivity contribution in [3.05, 3.63) is 76.6 Å². The Labute approximate surface area is 130 Å². The van der Waals surface area contributed by atoms with Crippen LogP contribution in [-0.2, 0) is 0 Å². The van der Waals surface area contributed by atoms with Gasteiger partial charge in [-0.2, -0.15) is 0 Å². The van der Waals surface area contributed by atoms with Crippen molar-refractivity contribution in [2.45, 2.75) is 32.2 Å². The number of allylic oxidation sites excluding steroid dienone is 2. The quantitative estimate of drug-likeness (QED) is 0.706. The molecule has 1 nitrogen and oxygen atoms in total. The predicted molar refractivity (Wildman–Crippen MR) is 88.7 cm³/mol. The normalized spacial score (nSPS) is 25.5. The van der Waals surface area contributed by atoms with Gasteiger partial charge in [-0.1, -0.05) is 36.4 Å². The van der Waals surface area contributed by atoms with Crippen LogP contribution in [-0.4, -0.2) is 0 Å². The third-order valence-electron chi connectivity index (χ3n) is 5.06. The summed E-state index contributed by atoms with van der Waals surface area (Å²) < 4.78 is 14.3. The third kappa shape index (κ3) is 1.98. The molecule has 1 aliphatic carbocycles. The Hall–Kier alpha value is -2.09. The summed E-state index contributed by atoms with van der Waals surface area (Å²) in [5, 5.41) is 3.63. The van der Waals surface area contributed by atoms with Crippen LogP contribution in [0.3, 0.4) is 0 Å². The van der Waals surface area contributed by atoms with Crippen molar-refractivity contribution in [3.63, 3.8) is 0 Å². The molecule has 0 radical (unpaired) electrons. The fourth-order valence-corrected chi connectivity index (χ4v) is 4.18. The molecule has 4 rings (SSSR count). The lowest BCUT2D eigenvalue weighted by Gasteiger charge is -2.38. The van der Waals surface area contributed by atoms with Gasteiger partial charge in [0.15, 0.2) is 0 Å². The Balaban J connectivity index is 1.86. The van der Waals surface area contributed by atoms with Crippen molar-refractivity contribution in [2.24, 2.45) is 5.92 Å². The van der Waals surface area contributed by atoms with Gasteiger partial charge in [-0.3, -0.25) is 0 Å². The monoisotopic (exact) mass is 293 g/mol. The summed E-state index contributed by atoms with van der Waals surface area (Å²) in [6.45, 7) is 4.30. The number of fused-ring (bicyclic) bond motifs is 3. The standard InChI is InChI=1S/C20H20FN/c1-12-10-13(2)19-14-7-5-8-15(14)20(22-18(19)11-12)16-6-3-4-9-17(16)21/h3-7,9-11,14-15,20,22H,8H2,1-2H3/t14-,15+,20-/m0/s1. The first-order valence-corrected chi connectivity index (χ1v) is 7.94. The second-order valence-electron chi connectivity index (χ2n) is 6.54. The van der Waals surface area contributed by atoms with E-state index in [1.54, 1.807) is 12.1 Å². The first-order valence-electron chi connectivity index (χ1n) is 7.94. The van der Waals surface area contributed by atoms with E-state index in [0.717, 1.165) is 12.0 Å². The summed E-state index contributed by atoms with van der Waals surface area (Å²) in [5.74, 6) is 0.672. The van der Waals surface area contributed by atoms with E-state index in [-0.39, 0.29) is 11.9 Å². The van der Waals surface area contributed by atoms with E-state index in [9.17, 15) is 4.39 Å². The lowest BCUT2D eigenvalue weighted by atomic mass is 9.75. The minimum Gasteiger partial charge on any atom is -0.378 e. The number of halogens is 1. The van der Waals surface area contributed by atoms with Crippen molar-refractivity contribution in [3.8, 4) is 0 Å². The van der Waals surface area contributed by atoms with Gasteiger partial charge in [0.25, 0.3) is 0 Å². The number of nitrogens with one attached hydrogen (secondary N) is 1. The Morgan fingerprint density at radius 1 is 1.14 bits per heavy atom. The zero-order valence-corrected chi connectivity index (χ0v) is 12.9. The maximum Gasteiger partial charge on any atom is 0.128 e. The minimum atomic E-state index is -0.113. The molecule has 0 saturated carbocycles. The summed E-state index contributed by atoms with van der Waals surface area (Å²) in [7, 11) is 0. The van der Waals surface area contributed by atoms with E-state index in [0.29, 0.717) is 11.8 Å². The Bertz CT molecular complexity index is 762. The van der Waals surface area contributed by atoms with Crippen LogP contribution in [0.25, 0.3) is 0 Å². The van der Waals surface area contributed by atoms with Gasteiger partial charge in [-0.05, 0) is 55.0 Å². The number of hydrogen-bond acceptors (Lipinski definition) is 1. The summed E-state index contributed by atoms with van der Waals surface area (Å²) >= 11 is 0. The van der Waals surface area contributed by atoms with Gasteiger partial charge in [0, 0.05) is 17.2 Å². The summed E-state index contributed by atoms with van der Waals surface area (Å²) in [4.78, 5) is 0. The fraction of sp³-hybridized carbons (Fsp3) is 0.300. The smallest absolute Gasteiger partial charge is 0.128 e. The number of rotatable bonds is 1. The lowest BCUT2D eigenvalue weighted by molar-refractivity contribution is 0.412. The lowest BCUT2D eigenvalue weighted by Crippen LogP contribution is -2.30. The van der Waals surface area contributed by atoms with Crippen molar-refractivity contribution >= 4 is 5.69 Å². The van der Waals surface area contributed by atoms with Crippen LogP contribution in [0.1, 0.15) is 40.6 Å². The van der Waals surface area contributed by atoms with Gasteiger partial charge in [-0.25, -0.2) is 4.39 Å². The van der Waals surface area contributed by atoms with Gasteiger partial charge < -0.3 is 5.32 Å². The van der Waals surface area contributed by atoms with E-state index in [2.05, 4.69) is 43.4 Å². The highest BCUT2D eigenvalue weighted by molar-refractivity contribution is 5.63. The molecule has 1 aliphatic heterocycles. The van der Waals surface area contributed by atoms with Gasteiger partial charge >= 0.3 is 0 Å². The number of aryl methyl sites for hydroxylation is 2. The highest BCUT2D eigenvalue weighted by atomic mass is 19.1. The molecule has 0 unspecified atom stereocenters. The molecule has 1 heterocycles. The average Bonchev–Trinajstić information content (AvgIpc) is 2.95. The summed E-state index contributed by atoms with van der Waals surface area (Å²) in [5.41, 5.74) is 5.91. The Morgan fingerprint density at radius 3 is 2.77 bits per heavy atom.